The Labute approximate surface area is 114 Å². The highest BCUT2D eigenvalue weighted by atomic mass is 15.1. The molecule has 1 aromatic carbocycles. The number of hydrogen-bond acceptors (Lipinski definition) is 2. The van der Waals surface area contributed by atoms with E-state index in [4.69, 9.17) is 5.73 Å². The Morgan fingerprint density at radius 1 is 1.26 bits per heavy atom. The van der Waals surface area contributed by atoms with Crippen molar-refractivity contribution in [3.8, 4) is 0 Å². The first-order valence-corrected chi connectivity index (χ1v) is 7.06. The molecule has 0 radical (unpaired) electrons. The van der Waals surface area contributed by atoms with E-state index in [1.165, 1.54) is 22.0 Å². The highest BCUT2D eigenvalue weighted by Gasteiger charge is 2.14. The van der Waals surface area contributed by atoms with Gasteiger partial charge in [0.1, 0.15) is 0 Å². The lowest BCUT2D eigenvalue weighted by Gasteiger charge is -2.26. The van der Waals surface area contributed by atoms with Gasteiger partial charge < -0.3 is 10.7 Å². The fraction of sp³-hybridized carbons (Fsp3) is 0.375. The lowest BCUT2D eigenvalue weighted by atomic mass is 9.99. The summed E-state index contributed by atoms with van der Waals surface area (Å²) in [7, 11) is 0. The van der Waals surface area contributed by atoms with Gasteiger partial charge in [-0.05, 0) is 37.6 Å². The maximum atomic E-state index is 5.57. The summed E-state index contributed by atoms with van der Waals surface area (Å²) in [5, 5.41) is 1.34. The Bertz CT molecular complexity index is 582. The van der Waals surface area contributed by atoms with E-state index in [0.717, 1.165) is 39.0 Å². The molecule has 2 aromatic rings. The summed E-state index contributed by atoms with van der Waals surface area (Å²) in [6, 6.07) is 8.52. The van der Waals surface area contributed by atoms with Crippen LogP contribution in [-0.2, 0) is 0 Å². The van der Waals surface area contributed by atoms with E-state index in [0.29, 0.717) is 0 Å². The molecule has 0 unspecified atom stereocenters. The smallest absolute Gasteiger partial charge is 0.0460 e. The Morgan fingerprint density at radius 2 is 2.16 bits per heavy atom. The van der Waals surface area contributed by atoms with Crippen molar-refractivity contribution in [2.45, 2.75) is 12.8 Å². The predicted octanol–water partition coefficient (Wildman–Crippen LogP) is 2.61. The number of nitrogens with zero attached hydrogens (tertiary/aromatic N) is 1. The molecule has 19 heavy (non-hydrogen) atoms. The average molecular weight is 255 g/mol. The molecule has 0 aliphatic carbocycles. The Morgan fingerprint density at radius 3 is 2.95 bits per heavy atom. The third-order valence-electron chi connectivity index (χ3n) is 3.91. The van der Waals surface area contributed by atoms with Gasteiger partial charge in [-0.1, -0.05) is 24.3 Å². The van der Waals surface area contributed by atoms with Crippen LogP contribution >= 0.6 is 0 Å². The first kappa shape index (κ1) is 12.5. The standard InChI is InChI=1S/C16H21N3/c17-8-3-9-19-10-6-13(7-11-19)15-12-18-16-5-2-1-4-14(15)16/h1-2,4-6,12,18H,3,7-11,17H2. The minimum atomic E-state index is 0.787. The van der Waals surface area contributed by atoms with Crippen molar-refractivity contribution in [3.63, 3.8) is 0 Å². The van der Waals surface area contributed by atoms with Crippen LogP contribution in [0.4, 0.5) is 0 Å². The van der Waals surface area contributed by atoms with Crippen LogP contribution in [0.5, 0.6) is 0 Å². The van der Waals surface area contributed by atoms with Crippen LogP contribution in [0.15, 0.2) is 36.5 Å². The zero-order chi connectivity index (χ0) is 13.1. The molecule has 3 rings (SSSR count). The van der Waals surface area contributed by atoms with Gasteiger partial charge in [0, 0.05) is 35.8 Å². The molecule has 0 bridgehead atoms. The molecule has 1 aliphatic rings. The number of nitrogens with one attached hydrogen (secondary N) is 1. The largest absolute Gasteiger partial charge is 0.361 e. The van der Waals surface area contributed by atoms with Crippen molar-refractivity contribution in [2.75, 3.05) is 26.2 Å². The summed E-state index contributed by atoms with van der Waals surface area (Å²) in [6.45, 7) is 4.10. The van der Waals surface area contributed by atoms with Crippen LogP contribution in [0.3, 0.4) is 0 Å². The van der Waals surface area contributed by atoms with Gasteiger partial charge in [-0.25, -0.2) is 0 Å². The minimum Gasteiger partial charge on any atom is -0.361 e. The number of nitrogens with two attached hydrogens (primary N) is 1. The quantitative estimate of drug-likeness (QED) is 0.882. The summed E-state index contributed by atoms with van der Waals surface area (Å²) in [4.78, 5) is 5.84. The lowest BCUT2D eigenvalue weighted by Crippen LogP contribution is -2.30. The number of hydrogen-bond donors (Lipinski definition) is 2. The number of para-hydroxylation sites is 1. The molecule has 1 aliphatic heterocycles. The van der Waals surface area contributed by atoms with Gasteiger partial charge in [-0.3, -0.25) is 4.90 Å². The van der Waals surface area contributed by atoms with Gasteiger partial charge in [-0.15, -0.1) is 0 Å². The van der Waals surface area contributed by atoms with Crippen LogP contribution < -0.4 is 5.73 Å². The monoisotopic (exact) mass is 255 g/mol. The summed E-state index contributed by atoms with van der Waals surface area (Å²) < 4.78 is 0. The van der Waals surface area contributed by atoms with E-state index in [1.54, 1.807) is 0 Å². The molecular formula is C16H21N3. The van der Waals surface area contributed by atoms with Crippen LogP contribution in [-0.4, -0.2) is 36.1 Å². The third kappa shape index (κ3) is 2.57. The zero-order valence-electron chi connectivity index (χ0n) is 11.2. The molecule has 0 spiro atoms. The molecule has 3 N–H and O–H groups in total. The van der Waals surface area contributed by atoms with Crippen LogP contribution in [0, 0.1) is 0 Å². The second-order valence-electron chi connectivity index (χ2n) is 5.17. The van der Waals surface area contributed by atoms with E-state index in [2.05, 4.69) is 46.4 Å². The normalized spacial score (nSPS) is 16.8. The van der Waals surface area contributed by atoms with Crippen molar-refractivity contribution in [1.29, 1.82) is 0 Å². The summed E-state index contributed by atoms with van der Waals surface area (Å²) in [6.07, 6.45) is 6.74. The lowest BCUT2D eigenvalue weighted by molar-refractivity contribution is 0.300. The Balaban J connectivity index is 1.78. The van der Waals surface area contributed by atoms with Gasteiger partial charge >= 0.3 is 0 Å². The molecule has 100 valence electrons. The van der Waals surface area contributed by atoms with Crippen molar-refractivity contribution < 1.29 is 0 Å². The zero-order valence-corrected chi connectivity index (χ0v) is 11.2. The average Bonchev–Trinajstić information content (AvgIpc) is 2.90. The topological polar surface area (TPSA) is 45.0 Å². The Hall–Kier alpha value is -1.58. The number of rotatable bonds is 4. The van der Waals surface area contributed by atoms with Gasteiger partial charge in [-0.2, -0.15) is 0 Å². The van der Waals surface area contributed by atoms with Gasteiger partial charge in [0.05, 0.1) is 0 Å². The molecule has 0 atom stereocenters. The second kappa shape index (κ2) is 5.59. The van der Waals surface area contributed by atoms with Crippen molar-refractivity contribution in [1.82, 2.24) is 9.88 Å². The minimum absolute atomic E-state index is 0.787. The first-order valence-electron chi connectivity index (χ1n) is 7.06. The maximum Gasteiger partial charge on any atom is 0.0460 e. The maximum absolute atomic E-state index is 5.57. The SMILES string of the molecule is NCCCN1CC=C(c2c[nH]c3ccccc23)CC1. The van der Waals surface area contributed by atoms with E-state index in [1.807, 2.05) is 0 Å². The molecule has 0 saturated carbocycles. The second-order valence-corrected chi connectivity index (χ2v) is 5.17. The van der Waals surface area contributed by atoms with Crippen LogP contribution in [0.2, 0.25) is 0 Å². The molecule has 3 nitrogen and oxygen atoms in total. The highest BCUT2D eigenvalue weighted by Crippen LogP contribution is 2.28. The number of benzene rings is 1. The van der Waals surface area contributed by atoms with E-state index < -0.39 is 0 Å². The summed E-state index contributed by atoms with van der Waals surface area (Å²) in [5.41, 5.74) is 9.64. The first-order chi connectivity index (χ1) is 9.38. The number of aromatic nitrogens is 1. The van der Waals surface area contributed by atoms with E-state index in [-0.39, 0.29) is 0 Å². The highest BCUT2D eigenvalue weighted by molar-refractivity contribution is 5.92. The molecule has 0 amide bonds. The molecular weight excluding hydrogens is 234 g/mol. The fourth-order valence-corrected chi connectivity index (χ4v) is 2.81. The molecule has 0 saturated heterocycles. The summed E-state index contributed by atoms with van der Waals surface area (Å²) >= 11 is 0. The van der Waals surface area contributed by atoms with Crippen LogP contribution in [0.25, 0.3) is 16.5 Å². The predicted molar refractivity (Wildman–Crippen MR) is 81.0 cm³/mol. The van der Waals surface area contributed by atoms with Crippen molar-refractivity contribution >= 4 is 16.5 Å². The Kier molecular flexibility index (Phi) is 3.67. The number of fused-ring (bicyclic) bond motifs is 1. The van der Waals surface area contributed by atoms with Crippen molar-refractivity contribution in [3.05, 3.63) is 42.1 Å². The van der Waals surface area contributed by atoms with E-state index >= 15 is 0 Å². The molecule has 2 heterocycles. The number of aromatic amines is 1. The van der Waals surface area contributed by atoms with E-state index in [9.17, 15) is 0 Å². The third-order valence-corrected chi connectivity index (χ3v) is 3.91. The summed E-state index contributed by atoms with van der Waals surface area (Å²) in [5.74, 6) is 0. The molecule has 1 aromatic heterocycles. The van der Waals surface area contributed by atoms with Gasteiger partial charge in [0.25, 0.3) is 0 Å². The molecule has 3 heteroatoms. The van der Waals surface area contributed by atoms with Gasteiger partial charge in [0.15, 0.2) is 0 Å². The number of H-pyrrole nitrogens is 1. The van der Waals surface area contributed by atoms with Crippen molar-refractivity contribution in [2.24, 2.45) is 5.73 Å². The fourth-order valence-electron chi connectivity index (χ4n) is 2.81. The van der Waals surface area contributed by atoms with Crippen LogP contribution in [0.1, 0.15) is 18.4 Å². The molecule has 0 fully saturated rings. The van der Waals surface area contributed by atoms with Gasteiger partial charge in [0.2, 0.25) is 0 Å².